The molecule has 3 rings (SSSR count). The molecule has 2 N–H and O–H groups in total. The second kappa shape index (κ2) is 10.9. The van der Waals surface area contributed by atoms with Gasteiger partial charge in [0.1, 0.15) is 5.75 Å². The summed E-state index contributed by atoms with van der Waals surface area (Å²) in [5.41, 5.74) is 1.06. The Hall–Kier alpha value is -2.25. The fraction of sp³-hybridized carbons (Fsp3) is 0.435. The van der Waals surface area contributed by atoms with Gasteiger partial charge >= 0.3 is 0 Å². The van der Waals surface area contributed by atoms with Gasteiger partial charge in [0.2, 0.25) is 0 Å². The van der Waals surface area contributed by atoms with Crippen molar-refractivity contribution >= 4 is 33.2 Å². The molecule has 0 radical (unpaired) electrons. The van der Waals surface area contributed by atoms with Gasteiger partial charge in [0.25, 0.3) is 15.9 Å². The lowest BCUT2D eigenvalue weighted by Gasteiger charge is -2.21. The predicted molar refractivity (Wildman–Crippen MR) is 123 cm³/mol. The summed E-state index contributed by atoms with van der Waals surface area (Å²) < 4.78 is 33.5. The molecule has 0 saturated heterocycles. The van der Waals surface area contributed by atoms with E-state index in [1.54, 1.807) is 37.3 Å². The third-order valence-corrected chi connectivity index (χ3v) is 7.01. The number of hydrogen-bond acceptors (Lipinski definition) is 4. The van der Waals surface area contributed by atoms with E-state index in [2.05, 4.69) is 10.0 Å². The highest BCUT2D eigenvalue weighted by molar-refractivity contribution is 7.92. The highest BCUT2D eigenvalue weighted by atomic mass is 35.5. The summed E-state index contributed by atoms with van der Waals surface area (Å²) in [6.07, 6.45) is 8.05. The summed E-state index contributed by atoms with van der Waals surface area (Å²) in [6.45, 7) is 1.66. The van der Waals surface area contributed by atoms with Crippen LogP contribution in [0.3, 0.4) is 0 Å². The lowest BCUT2D eigenvalue weighted by atomic mass is 9.97. The largest absolute Gasteiger partial charge is 0.484 e. The molecule has 0 atom stereocenters. The lowest BCUT2D eigenvalue weighted by molar-refractivity contribution is -0.123. The number of aryl methyl sites for hydroxylation is 1. The summed E-state index contributed by atoms with van der Waals surface area (Å²) in [6, 6.07) is 11.2. The van der Waals surface area contributed by atoms with E-state index >= 15 is 0 Å². The second-order valence-corrected chi connectivity index (χ2v) is 10.1. The minimum absolute atomic E-state index is 0.0908. The maximum atomic E-state index is 12.6. The SMILES string of the molecule is Cc1cc(S(=O)(=O)Nc2ccc(Cl)cc2)ccc1OCC(=O)NC1CCCCCCC1. The van der Waals surface area contributed by atoms with Crippen LogP contribution in [0.4, 0.5) is 5.69 Å². The first-order chi connectivity index (χ1) is 14.8. The van der Waals surface area contributed by atoms with Crippen molar-refractivity contribution in [3.63, 3.8) is 0 Å². The number of halogens is 1. The highest BCUT2D eigenvalue weighted by Gasteiger charge is 2.17. The normalized spacial score (nSPS) is 15.5. The molecule has 1 amide bonds. The van der Waals surface area contributed by atoms with E-state index < -0.39 is 10.0 Å². The monoisotopic (exact) mass is 464 g/mol. The van der Waals surface area contributed by atoms with Crippen molar-refractivity contribution in [3.05, 3.63) is 53.1 Å². The zero-order chi connectivity index (χ0) is 22.3. The van der Waals surface area contributed by atoms with Crippen LogP contribution in [0.15, 0.2) is 47.4 Å². The first kappa shape index (κ1) is 23.4. The minimum Gasteiger partial charge on any atom is -0.484 e. The van der Waals surface area contributed by atoms with Crippen molar-refractivity contribution in [2.75, 3.05) is 11.3 Å². The molecule has 1 aliphatic rings. The average molecular weight is 465 g/mol. The Labute approximate surface area is 189 Å². The van der Waals surface area contributed by atoms with Gasteiger partial charge in [0, 0.05) is 16.8 Å². The van der Waals surface area contributed by atoms with Gasteiger partial charge < -0.3 is 10.1 Å². The van der Waals surface area contributed by atoms with E-state index in [0.29, 0.717) is 22.0 Å². The lowest BCUT2D eigenvalue weighted by Crippen LogP contribution is -2.38. The van der Waals surface area contributed by atoms with Crippen molar-refractivity contribution in [2.45, 2.75) is 62.8 Å². The van der Waals surface area contributed by atoms with Gasteiger partial charge in [0.15, 0.2) is 6.61 Å². The molecule has 1 aliphatic carbocycles. The third-order valence-electron chi connectivity index (χ3n) is 5.38. The van der Waals surface area contributed by atoms with Gasteiger partial charge in [-0.3, -0.25) is 9.52 Å². The molecule has 0 bridgehead atoms. The molecule has 2 aromatic rings. The summed E-state index contributed by atoms with van der Waals surface area (Å²) in [7, 11) is -3.75. The van der Waals surface area contributed by atoms with Gasteiger partial charge in [-0.2, -0.15) is 0 Å². The molecule has 1 fully saturated rings. The highest BCUT2D eigenvalue weighted by Crippen LogP contribution is 2.24. The Balaban J connectivity index is 1.57. The molecule has 1 saturated carbocycles. The van der Waals surface area contributed by atoms with Crippen LogP contribution in [-0.4, -0.2) is 27.0 Å². The number of ether oxygens (including phenoxy) is 1. The van der Waals surface area contributed by atoms with Crippen molar-refractivity contribution in [2.24, 2.45) is 0 Å². The van der Waals surface area contributed by atoms with Gasteiger partial charge in [-0.25, -0.2) is 8.42 Å². The van der Waals surface area contributed by atoms with Gasteiger partial charge in [-0.15, -0.1) is 0 Å². The molecule has 0 spiro atoms. The van der Waals surface area contributed by atoms with Gasteiger partial charge in [0.05, 0.1) is 4.90 Å². The van der Waals surface area contributed by atoms with Gasteiger partial charge in [-0.05, 0) is 67.8 Å². The second-order valence-electron chi connectivity index (χ2n) is 7.94. The number of carbonyl (C=O) groups excluding carboxylic acids is 1. The molecule has 168 valence electrons. The van der Waals surface area contributed by atoms with Crippen molar-refractivity contribution in [1.82, 2.24) is 5.32 Å². The summed E-state index contributed by atoms with van der Waals surface area (Å²) in [5, 5.41) is 3.59. The number of rotatable bonds is 7. The standard InChI is InChI=1S/C23H29ClN2O4S/c1-17-15-21(31(28,29)26-20-11-9-18(24)10-12-20)13-14-22(17)30-16-23(27)25-19-7-5-3-2-4-6-8-19/h9-15,19,26H,2-8,16H2,1H3,(H,25,27). The molecule has 6 nitrogen and oxygen atoms in total. The van der Waals surface area contributed by atoms with E-state index in [1.807, 2.05) is 0 Å². The molecule has 0 heterocycles. The predicted octanol–water partition coefficient (Wildman–Crippen LogP) is 5.06. The summed E-state index contributed by atoms with van der Waals surface area (Å²) in [5.74, 6) is 0.337. The number of carbonyl (C=O) groups is 1. The van der Waals surface area contributed by atoms with E-state index in [-0.39, 0.29) is 23.5 Å². The topological polar surface area (TPSA) is 84.5 Å². The zero-order valence-corrected chi connectivity index (χ0v) is 19.3. The molecular formula is C23H29ClN2O4S. The van der Waals surface area contributed by atoms with Crippen LogP contribution in [0.2, 0.25) is 5.02 Å². The van der Waals surface area contributed by atoms with Crippen LogP contribution in [0.1, 0.15) is 50.5 Å². The number of anilines is 1. The molecule has 0 aromatic heterocycles. The van der Waals surface area contributed by atoms with Crippen LogP contribution >= 0.6 is 11.6 Å². The number of benzene rings is 2. The average Bonchev–Trinajstić information content (AvgIpc) is 2.70. The van der Waals surface area contributed by atoms with Crippen molar-refractivity contribution in [1.29, 1.82) is 0 Å². The number of hydrogen-bond donors (Lipinski definition) is 2. The minimum atomic E-state index is -3.75. The van der Waals surface area contributed by atoms with E-state index in [0.717, 1.165) is 25.7 Å². The first-order valence-electron chi connectivity index (χ1n) is 10.6. The van der Waals surface area contributed by atoms with Crippen LogP contribution < -0.4 is 14.8 Å². The quantitative estimate of drug-likeness (QED) is 0.600. The van der Waals surface area contributed by atoms with Crippen molar-refractivity contribution in [3.8, 4) is 5.75 Å². The van der Waals surface area contributed by atoms with Gasteiger partial charge in [-0.1, -0.05) is 43.7 Å². The molecule has 0 unspecified atom stereocenters. The fourth-order valence-electron chi connectivity index (χ4n) is 3.70. The molecule has 8 heteroatoms. The first-order valence-corrected chi connectivity index (χ1v) is 12.5. The molecule has 0 aliphatic heterocycles. The maximum Gasteiger partial charge on any atom is 0.261 e. The molecule has 31 heavy (non-hydrogen) atoms. The number of nitrogens with one attached hydrogen (secondary N) is 2. The van der Waals surface area contributed by atoms with Crippen LogP contribution in [0, 0.1) is 6.92 Å². The third kappa shape index (κ3) is 7.14. The Morgan fingerprint density at radius 2 is 1.68 bits per heavy atom. The van der Waals surface area contributed by atoms with Crippen LogP contribution in [0.5, 0.6) is 5.75 Å². The number of sulfonamides is 1. The fourth-order valence-corrected chi connectivity index (χ4v) is 4.97. The number of amides is 1. The maximum absolute atomic E-state index is 12.6. The van der Waals surface area contributed by atoms with E-state index in [1.165, 1.54) is 31.4 Å². The smallest absolute Gasteiger partial charge is 0.261 e. The molecular weight excluding hydrogens is 436 g/mol. The Bertz CT molecular complexity index is 985. The Morgan fingerprint density at radius 3 is 2.32 bits per heavy atom. The zero-order valence-electron chi connectivity index (χ0n) is 17.7. The van der Waals surface area contributed by atoms with Crippen molar-refractivity contribution < 1.29 is 17.9 Å². The van der Waals surface area contributed by atoms with Crippen LogP contribution in [-0.2, 0) is 14.8 Å². The summed E-state index contributed by atoms with van der Waals surface area (Å²) >= 11 is 5.84. The van der Waals surface area contributed by atoms with E-state index in [4.69, 9.17) is 16.3 Å². The van der Waals surface area contributed by atoms with Crippen LogP contribution in [0.25, 0.3) is 0 Å². The molecule has 2 aromatic carbocycles. The summed E-state index contributed by atoms with van der Waals surface area (Å²) in [4.78, 5) is 12.4. The Morgan fingerprint density at radius 1 is 1.03 bits per heavy atom. The Kier molecular flexibility index (Phi) is 8.21. The van der Waals surface area contributed by atoms with E-state index in [9.17, 15) is 13.2 Å².